The predicted octanol–water partition coefficient (Wildman–Crippen LogP) is 0.721. The number of ether oxygens (including phenoxy) is 2. The van der Waals surface area contributed by atoms with Crippen molar-refractivity contribution in [2.75, 3.05) is 27.3 Å². The van der Waals surface area contributed by atoms with E-state index >= 15 is 0 Å². The number of likely N-dealkylation sites (N-methyl/N-ethyl adjacent to an activating group) is 1. The summed E-state index contributed by atoms with van der Waals surface area (Å²) in [5.74, 6) is -0.0362. The number of hydrogen-bond donors (Lipinski definition) is 1. The maximum Gasteiger partial charge on any atom is 0.307 e. The van der Waals surface area contributed by atoms with Crippen LogP contribution < -0.4 is 10.5 Å². The van der Waals surface area contributed by atoms with Crippen molar-refractivity contribution < 1.29 is 19.1 Å². The molecule has 0 saturated heterocycles. The molecule has 0 aromatic heterocycles. The lowest BCUT2D eigenvalue weighted by atomic mass is 10.2. The molecule has 0 saturated carbocycles. The van der Waals surface area contributed by atoms with E-state index in [9.17, 15) is 9.59 Å². The van der Waals surface area contributed by atoms with Gasteiger partial charge >= 0.3 is 5.97 Å². The van der Waals surface area contributed by atoms with Gasteiger partial charge in [0.15, 0.2) is 6.61 Å². The topological polar surface area (TPSA) is 81.9 Å². The first-order chi connectivity index (χ1) is 9.93. The van der Waals surface area contributed by atoms with Gasteiger partial charge in [0.2, 0.25) is 0 Å². The van der Waals surface area contributed by atoms with Crippen molar-refractivity contribution in [3.63, 3.8) is 0 Å². The highest BCUT2D eigenvalue weighted by Crippen LogP contribution is 2.12. The Morgan fingerprint density at radius 3 is 2.43 bits per heavy atom. The average molecular weight is 310 g/mol. The molecule has 21 heavy (non-hydrogen) atoms. The van der Waals surface area contributed by atoms with Gasteiger partial charge in [-0.1, -0.05) is 12.2 Å². The fourth-order valence-electron chi connectivity index (χ4n) is 1.46. The Labute approximate surface area is 128 Å². The second kappa shape index (κ2) is 8.21. The van der Waals surface area contributed by atoms with E-state index in [4.69, 9.17) is 22.7 Å². The van der Waals surface area contributed by atoms with Crippen LogP contribution in [0.3, 0.4) is 0 Å². The molecule has 0 unspecified atom stereocenters. The van der Waals surface area contributed by atoms with E-state index in [2.05, 4.69) is 4.74 Å². The second-order valence-corrected chi connectivity index (χ2v) is 4.76. The number of nitrogens with two attached hydrogens (primary N) is 1. The summed E-state index contributed by atoms with van der Waals surface area (Å²) >= 11 is 4.84. The van der Waals surface area contributed by atoms with E-state index < -0.39 is 0 Å². The SMILES string of the molecule is COC(=O)CCN(C)C(=O)COc1ccc(C(N)=S)cc1. The summed E-state index contributed by atoms with van der Waals surface area (Å²) in [7, 11) is 2.91. The fourth-order valence-corrected chi connectivity index (χ4v) is 1.59. The Balaban J connectivity index is 2.41. The third kappa shape index (κ3) is 5.78. The van der Waals surface area contributed by atoms with Crippen LogP contribution in [-0.4, -0.2) is 49.1 Å². The lowest BCUT2D eigenvalue weighted by molar-refractivity contribution is -0.141. The van der Waals surface area contributed by atoms with Crippen molar-refractivity contribution >= 4 is 29.1 Å². The first kappa shape index (κ1) is 16.9. The van der Waals surface area contributed by atoms with Crippen LogP contribution in [0, 0.1) is 0 Å². The van der Waals surface area contributed by atoms with Crippen LogP contribution in [0.2, 0.25) is 0 Å². The molecule has 0 aliphatic heterocycles. The van der Waals surface area contributed by atoms with Gasteiger partial charge in [-0.05, 0) is 24.3 Å². The van der Waals surface area contributed by atoms with Crippen LogP contribution in [0.15, 0.2) is 24.3 Å². The molecule has 0 radical (unpaired) electrons. The Kier molecular flexibility index (Phi) is 6.61. The summed E-state index contributed by atoms with van der Waals surface area (Å²) < 4.78 is 9.88. The Bertz CT molecular complexity index is 516. The van der Waals surface area contributed by atoms with Gasteiger partial charge in [0.05, 0.1) is 13.5 Å². The number of methoxy groups -OCH3 is 1. The zero-order valence-electron chi connectivity index (χ0n) is 12.0. The third-order valence-corrected chi connectivity index (χ3v) is 3.04. The highest BCUT2D eigenvalue weighted by molar-refractivity contribution is 7.80. The Morgan fingerprint density at radius 1 is 1.29 bits per heavy atom. The van der Waals surface area contributed by atoms with Crippen molar-refractivity contribution in [3.05, 3.63) is 29.8 Å². The standard InChI is InChI=1S/C14H18N2O4S/c1-16(8-7-13(18)19-2)12(17)9-20-11-5-3-10(4-6-11)14(15)21/h3-6H,7-9H2,1-2H3,(H2,15,21). The van der Waals surface area contributed by atoms with Crippen molar-refractivity contribution in [1.29, 1.82) is 0 Å². The molecule has 1 rings (SSSR count). The minimum atomic E-state index is -0.357. The Morgan fingerprint density at radius 2 is 1.90 bits per heavy atom. The van der Waals surface area contributed by atoms with E-state index in [1.165, 1.54) is 12.0 Å². The molecule has 0 bridgehead atoms. The number of carbonyl (C=O) groups excluding carboxylic acids is 2. The maximum absolute atomic E-state index is 11.8. The van der Waals surface area contributed by atoms with Gasteiger partial charge < -0.3 is 20.1 Å². The van der Waals surface area contributed by atoms with Gasteiger partial charge in [-0.15, -0.1) is 0 Å². The van der Waals surface area contributed by atoms with Crippen molar-refractivity contribution in [1.82, 2.24) is 4.90 Å². The molecule has 114 valence electrons. The van der Waals surface area contributed by atoms with Crippen LogP contribution >= 0.6 is 12.2 Å². The summed E-state index contributed by atoms with van der Waals surface area (Å²) in [5.41, 5.74) is 6.22. The molecule has 0 atom stereocenters. The number of benzene rings is 1. The molecule has 6 nitrogen and oxygen atoms in total. The van der Waals surface area contributed by atoms with E-state index in [0.29, 0.717) is 10.7 Å². The molecular formula is C14H18N2O4S. The quantitative estimate of drug-likeness (QED) is 0.590. The summed E-state index contributed by atoms with van der Waals surface area (Å²) in [6.45, 7) is 0.180. The van der Waals surface area contributed by atoms with E-state index in [-0.39, 0.29) is 31.4 Å². The minimum Gasteiger partial charge on any atom is -0.484 e. The van der Waals surface area contributed by atoms with Crippen LogP contribution in [0.1, 0.15) is 12.0 Å². The molecule has 0 heterocycles. The molecule has 0 spiro atoms. The van der Waals surface area contributed by atoms with Crippen LogP contribution in [-0.2, 0) is 14.3 Å². The number of carbonyl (C=O) groups is 2. The minimum absolute atomic E-state index is 0.107. The van der Waals surface area contributed by atoms with Gasteiger partial charge in [-0.25, -0.2) is 0 Å². The number of hydrogen-bond acceptors (Lipinski definition) is 5. The van der Waals surface area contributed by atoms with E-state index in [1.54, 1.807) is 31.3 Å². The average Bonchev–Trinajstić information content (AvgIpc) is 2.50. The monoisotopic (exact) mass is 310 g/mol. The number of thiocarbonyl (C=S) groups is 1. The maximum atomic E-state index is 11.8. The summed E-state index contributed by atoms with van der Waals surface area (Å²) in [5, 5.41) is 0. The first-order valence-electron chi connectivity index (χ1n) is 6.27. The second-order valence-electron chi connectivity index (χ2n) is 4.32. The van der Waals surface area contributed by atoms with Crippen molar-refractivity contribution in [2.45, 2.75) is 6.42 Å². The number of nitrogens with zero attached hydrogens (tertiary/aromatic N) is 1. The van der Waals surface area contributed by atoms with E-state index in [0.717, 1.165) is 5.56 Å². The molecule has 0 aliphatic rings. The number of rotatable bonds is 7. The third-order valence-electron chi connectivity index (χ3n) is 2.81. The molecule has 1 aromatic carbocycles. The van der Waals surface area contributed by atoms with Gasteiger partial charge in [0.25, 0.3) is 5.91 Å². The van der Waals surface area contributed by atoms with Crippen molar-refractivity contribution in [3.8, 4) is 5.75 Å². The largest absolute Gasteiger partial charge is 0.484 e. The summed E-state index contributed by atoms with van der Waals surface area (Å²) in [4.78, 5) is 24.5. The highest BCUT2D eigenvalue weighted by atomic mass is 32.1. The zero-order chi connectivity index (χ0) is 15.8. The first-order valence-corrected chi connectivity index (χ1v) is 6.68. The summed E-state index contributed by atoms with van der Waals surface area (Å²) in [6.07, 6.45) is 0.154. The smallest absolute Gasteiger partial charge is 0.307 e. The van der Waals surface area contributed by atoms with Gasteiger partial charge in [0.1, 0.15) is 10.7 Å². The number of amides is 1. The molecule has 1 amide bonds. The van der Waals surface area contributed by atoms with Gasteiger partial charge in [0, 0.05) is 19.2 Å². The van der Waals surface area contributed by atoms with Crippen molar-refractivity contribution in [2.24, 2.45) is 5.73 Å². The van der Waals surface area contributed by atoms with Crippen LogP contribution in [0.25, 0.3) is 0 Å². The zero-order valence-corrected chi connectivity index (χ0v) is 12.8. The highest BCUT2D eigenvalue weighted by Gasteiger charge is 2.11. The molecule has 0 fully saturated rings. The lowest BCUT2D eigenvalue weighted by Crippen LogP contribution is -2.33. The van der Waals surface area contributed by atoms with Crippen LogP contribution in [0.5, 0.6) is 5.75 Å². The van der Waals surface area contributed by atoms with Crippen LogP contribution in [0.4, 0.5) is 0 Å². The number of esters is 1. The summed E-state index contributed by atoms with van der Waals surface area (Å²) in [6, 6.07) is 6.83. The van der Waals surface area contributed by atoms with Gasteiger partial charge in [-0.3, -0.25) is 9.59 Å². The van der Waals surface area contributed by atoms with E-state index in [1.807, 2.05) is 0 Å². The molecule has 2 N–H and O–H groups in total. The molecular weight excluding hydrogens is 292 g/mol. The molecule has 1 aromatic rings. The van der Waals surface area contributed by atoms with Gasteiger partial charge in [-0.2, -0.15) is 0 Å². The fraction of sp³-hybridized carbons (Fsp3) is 0.357. The Hall–Kier alpha value is -2.15. The lowest BCUT2D eigenvalue weighted by Gasteiger charge is -2.16. The normalized spacial score (nSPS) is 9.81. The molecule has 0 aliphatic carbocycles. The predicted molar refractivity (Wildman–Crippen MR) is 82.1 cm³/mol. The molecule has 7 heteroatoms.